The van der Waals surface area contributed by atoms with E-state index in [1.807, 2.05) is 19.1 Å². The molecule has 2 rings (SSSR count). The molecule has 1 fully saturated rings. The lowest BCUT2D eigenvalue weighted by atomic mass is 9.89. The summed E-state index contributed by atoms with van der Waals surface area (Å²) in [5.74, 6) is 0.939. The van der Waals surface area contributed by atoms with Crippen molar-refractivity contribution in [2.45, 2.75) is 45.2 Å². The third-order valence-corrected chi connectivity index (χ3v) is 3.39. The highest BCUT2D eigenvalue weighted by Gasteiger charge is 2.27. The zero-order valence-electron chi connectivity index (χ0n) is 11.6. The van der Waals surface area contributed by atoms with Crippen molar-refractivity contribution >= 4 is 5.69 Å². The largest absolute Gasteiger partial charge is 0.494 e. The van der Waals surface area contributed by atoms with Gasteiger partial charge >= 0.3 is 0 Å². The van der Waals surface area contributed by atoms with E-state index in [0.717, 1.165) is 25.3 Å². The monoisotopic (exact) mass is 248 g/mol. The zero-order valence-corrected chi connectivity index (χ0v) is 11.6. The van der Waals surface area contributed by atoms with Gasteiger partial charge in [-0.2, -0.15) is 0 Å². The summed E-state index contributed by atoms with van der Waals surface area (Å²) in [6.07, 6.45) is 2.33. The fraction of sp³-hybridized carbons (Fsp3) is 0.600. The zero-order chi connectivity index (χ0) is 13.0. The van der Waals surface area contributed by atoms with Crippen LogP contribution >= 0.6 is 0 Å². The maximum Gasteiger partial charge on any atom is 0.119 e. The Balaban J connectivity index is 1.92. The molecule has 1 atom stereocenters. The van der Waals surface area contributed by atoms with Crippen molar-refractivity contribution in [1.29, 1.82) is 0 Å². The minimum absolute atomic E-state index is 0.237. The van der Waals surface area contributed by atoms with Gasteiger partial charge in [-0.15, -0.1) is 0 Å². The maximum absolute atomic E-state index is 5.45. The Hall–Kier alpha value is -1.22. The second-order valence-corrected chi connectivity index (χ2v) is 5.60. The van der Waals surface area contributed by atoms with Gasteiger partial charge in [0, 0.05) is 17.3 Å². The summed E-state index contributed by atoms with van der Waals surface area (Å²) < 4.78 is 5.45. The molecule has 0 saturated carbocycles. The van der Waals surface area contributed by atoms with Gasteiger partial charge in [-0.3, -0.25) is 0 Å². The average Bonchev–Trinajstić information content (AvgIpc) is 2.31. The number of hydrogen-bond donors (Lipinski definition) is 2. The van der Waals surface area contributed by atoms with Gasteiger partial charge in [-0.25, -0.2) is 0 Å². The van der Waals surface area contributed by atoms with Crippen LogP contribution in [-0.2, 0) is 0 Å². The number of piperidine rings is 1. The highest BCUT2D eigenvalue weighted by Crippen LogP contribution is 2.23. The van der Waals surface area contributed by atoms with Crippen molar-refractivity contribution in [3.8, 4) is 5.75 Å². The Labute approximate surface area is 110 Å². The first-order valence-electron chi connectivity index (χ1n) is 6.83. The summed E-state index contributed by atoms with van der Waals surface area (Å²) in [4.78, 5) is 0. The van der Waals surface area contributed by atoms with Crippen LogP contribution in [-0.4, -0.2) is 24.7 Å². The predicted molar refractivity (Wildman–Crippen MR) is 76.3 cm³/mol. The topological polar surface area (TPSA) is 33.3 Å². The molecule has 0 aromatic heterocycles. The molecule has 1 saturated heterocycles. The maximum atomic E-state index is 5.45. The van der Waals surface area contributed by atoms with Crippen molar-refractivity contribution in [2.24, 2.45) is 0 Å². The van der Waals surface area contributed by atoms with Crippen molar-refractivity contribution < 1.29 is 4.74 Å². The van der Waals surface area contributed by atoms with E-state index in [-0.39, 0.29) is 5.54 Å². The summed E-state index contributed by atoms with van der Waals surface area (Å²) in [6.45, 7) is 8.33. The summed E-state index contributed by atoms with van der Waals surface area (Å²) in [5, 5.41) is 7.15. The van der Waals surface area contributed by atoms with Crippen molar-refractivity contribution in [1.82, 2.24) is 5.32 Å². The number of ether oxygens (including phenoxy) is 1. The summed E-state index contributed by atoms with van der Waals surface area (Å²) in [5.41, 5.74) is 1.42. The van der Waals surface area contributed by atoms with E-state index in [1.165, 1.54) is 12.1 Å². The molecule has 1 heterocycles. The summed E-state index contributed by atoms with van der Waals surface area (Å²) in [7, 11) is 0. The number of anilines is 1. The van der Waals surface area contributed by atoms with Crippen LogP contribution in [0.5, 0.6) is 5.75 Å². The number of benzene rings is 1. The van der Waals surface area contributed by atoms with E-state index in [9.17, 15) is 0 Å². The molecule has 1 aliphatic rings. The van der Waals surface area contributed by atoms with Crippen LogP contribution in [0.25, 0.3) is 0 Å². The molecule has 1 unspecified atom stereocenters. The van der Waals surface area contributed by atoms with Gasteiger partial charge in [0.15, 0.2) is 0 Å². The minimum Gasteiger partial charge on any atom is -0.494 e. The van der Waals surface area contributed by atoms with Crippen molar-refractivity contribution in [3.05, 3.63) is 24.3 Å². The molecular weight excluding hydrogens is 224 g/mol. The molecule has 1 aliphatic heterocycles. The minimum atomic E-state index is 0.237. The molecule has 0 amide bonds. The van der Waals surface area contributed by atoms with E-state index in [0.29, 0.717) is 6.04 Å². The molecule has 0 aliphatic carbocycles. The molecule has 0 bridgehead atoms. The first-order chi connectivity index (χ1) is 8.59. The highest BCUT2D eigenvalue weighted by atomic mass is 16.5. The Morgan fingerprint density at radius 2 is 2.06 bits per heavy atom. The van der Waals surface area contributed by atoms with Gasteiger partial charge in [-0.1, -0.05) is 0 Å². The standard InChI is InChI=1S/C15H24N2O/c1-4-18-14-7-5-12(6-8-14)17-13-9-10-16-15(2,3)11-13/h5-8,13,16-17H,4,9-11H2,1-3H3. The van der Waals surface area contributed by atoms with Gasteiger partial charge in [0.1, 0.15) is 5.75 Å². The summed E-state index contributed by atoms with van der Waals surface area (Å²) >= 11 is 0. The molecular formula is C15H24N2O. The van der Waals surface area contributed by atoms with E-state index in [1.54, 1.807) is 0 Å². The van der Waals surface area contributed by atoms with E-state index in [4.69, 9.17) is 4.74 Å². The Morgan fingerprint density at radius 1 is 1.33 bits per heavy atom. The fourth-order valence-electron chi connectivity index (χ4n) is 2.55. The van der Waals surface area contributed by atoms with Gasteiger partial charge < -0.3 is 15.4 Å². The smallest absolute Gasteiger partial charge is 0.119 e. The van der Waals surface area contributed by atoms with Gasteiger partial charge in [0.2, 0.25) is 0 Å². The quantitative estimate of drug-likeness (QED) is 0.859. The first kappa shape index (κ1) is 13.2. The van der Waals surface area contributed by atoms with E-state index < -0.39 is 0 Å². The SMILES string of the molecule is CCOc1ccc(NC2CCNC(C)(C)C2)cc1. The van der Waals surface area contributed by atoms with Gasteiger partial charge in [0.25, 0.3) is 0 Å². The molecule has 2 N–H and O–H groups in total. The molecule has 1 aromatic carbocycles. The van der Waals surface area contributed by atoms with E-state index >= 15 is 0 Å². The molecule has 3 nitrogen and oxygen atoms in total. The van der Waals surface area contributed by atoms with E-state index in [2.05, 4.69) is 36.6 Å². The average molecular weight is 248 g/mol. The lowest BCUT2D eigenvalue weighted by Gasteiger charge is -2.37. The van der Waals surface area contributed by atoms with Crippen LogP contribution in [0.3, 0.4) is 0 Å². The van der Waals surface area contributed by atoms with Crippen molar-refractivity contribution in [3.63, 3.8) is 0 Å². The third-order valence-electron chi connectivity index (χ3n) is 3.39. The van der Waals surface area contributed by atoms with Crippen LogP contribution < -0.4 is 15.4 Å². The van der Waals surface area contributed by atoms with Crippen LogP contribution in [0.2, 0.25) is 0 Å². The molecule has 3 heteroatoms. The van der Waals surface area contributed by atoms with Crippen LogP contribution in [0.4, 0.5) is 5.69 Å². The predicted octanol–water partition coefficient (Wildman–Crippen LogP) is 3.03. The molecule has 18 heavy (non-hydrogen) atoms. The van der Waals surface area contributed by atoms with Crippen LogP contribution in [0.1, 0.15) is 33.6 Å². The molecule has 0 spiro atoms. The molecule has 1 aromatic rings. The second kappa shape index (κ2) is 5.61. The Morgan fingerprint density at radius 3 is 2.67 bits per heavy atom. The van der Waals surface area contributed by atoms with Gasteiger partial charge in [-0.05, 0) is 64.4 Å². The molecule has 0 radical (unpaired) electrons. The lowest BCUT2D eigenvalue weighted by molar-refractivity contribution is 0.286. The second-order valence-electron chi connectivity index (χ2n) is 5.60. The number of nitrogens with one attached hydrogen (secondary N) is 2. The Bertz CT molecular complexity index is 373. The lowest BCUT2D eigenvalue weighted by Crippen LogP contribution is -2.49. The Kier molecular flexibility index (Phi) is 4.12. The van der Waals surface area contributed by atoms with Crippen molar-refractivity contribution in [2.75, 3.05) is 18.5 Å². The van der Waals surface area contributed by atoms with Gasteiger partial charge in [0.05, 0.1) is 6.61 Å². The fourth-order valence-corrected chi connectivity index (χ4v) is 2.55. The first-order valence-corrected chi connectivity index (χ1v) is 6.83. The van der Waals surface area contributed by atoms with Crippen LogP contribution in [0.15, 0.2) is 24.3 Å². The normalized spacial score (nSPS) is 22.5. The summed E-state index contributed by atoms with van der Waals surface area (Å²) in [6, 6.07) is 8.80. The van der Waals surface area contributed by atoms with Crippen LogP contribution in [0, 0.1) is 0 Å². The number of rotatable bonds is 4. The third kappa shape index (κ3) is 3.64. The molecule has 100 valence electrons. The number of hydrogen-bond acceptors (Lipinski definition) is 3. The highest BCUT2D eigenvalue weighted by molar-refractivity contribution is 5.47.